The second kappa shape index (κ2) is 3.35. The Bertz CT molecular complexity index is 103. The SMILES string of the molecule is CC[C@H]1CN(C)[C@@H](C)CN1. The monoisotopic (exact) mass is 142 g/mol. The highest BCUT2D eigenvalue weighted by Gasteiger charge is 2.19. The van der Waals surface area contributed by atoms with E-state index in [9.17, 15) is 0 Å². The van der Waals surface area contributed by atoms with E-state index >= 15 is 0 Å². The van der Waals surface area contributed by atoms with Gasteiger partial charge in [0.05, 0.1) is 0 Å². The van der Waals surface area contributed by atoms with Crippen molar-refractivity contribution in [2.24, 2.45) is 0 Å². The van der Waals surface area contributed by atoms with Crippen molar-refractivity contribution in [3.63, 3.8) is 0 Å². The van der Waals surface area contributed by atoms with Gasteiger partial charge < -0.3 is 10.2 Å². The molecule has 2 heteroatoms. The van der Waals surface area contributed by atoms with Crippen molar-refractivity contribution >= 4 is 0 Å². The molecule has 0 aromatic heterocycles. The summed E-state index contributed by atoms with van der Waals surface area (Å²) >= 11 is 0. The molecule has 1 fully saturated rings. The van der Waals surface area contributed by atoms with Crippen LogP contribution in [0.25, 0.3) is 0 Å². The van der Waals surface area contributed by atoms with Gasteiger partial charge in [-0.05, 0) is 20.4 Å². The molecular weight excluding hydrogens is 124 g/mol. The Morgan fingerprint density at radius 1 is 1.60 bits per heavy atom. The van der Waals surface area contributed by atoms with Gasteiger partial charge in [-0.1, -0.05) is 6.92 Å². The highest BCUT2D eigenvalue weighted by Crippen LogP contribution is 2.04. The largest absolute Gasteiger partial charge is 0.311 e. The summed E-state index contributed by atoms with van der Waals surface area (Å²) in [4.78, 5) is 2.42. The number of nitrogens with zero attached hydrogens (tertiary/aromatic N) is 1. The topological polar surface area (TPSA) is 15.3 Å². The molecule has 0 unspecified atom stereocenters. The van der Waals surface area contributed by atoms with Crippen LogP contribution in [-0.4, -0.2) is 37.1 Å². The van der Waals surface area contributed by atoms with Crippen LogP contribution < -0.4 is 5.32 Å². The van der Waals surface area contributed by atoms with Crippen LogP contribution in [0.5, 0.6) is 0 Å². The van der Waals surface area contributed by atoms with Crippen molar-refractivity contribution in [2.75, 3.05) is 20.1 Å². The van der Waals surface area contributed by atoms with Crippen LogP contribution in [-0.2, 0) is 0 Å². The van der Waals surface area contributed by atoms with E-state index in [0.717, 1.165) is 12.6 Å². The summed E-state index contributed by atoms with van der Waals surface area (Å²) in [5.41, 5.74) is 0. The minimum absolute atomic E-state index is 0.711. The number of piperazine rings is 1. The average molecular weight is 142 g/mol. The zero-order valence-electron chi connectivity index (χ0n) is 7.22. The van der Waals surface area contributed by atoms with Gasteiger partial charge in [-0.25, -0.2) is 0 Å². The van der Waals surface area contributed by atoms with Crippen LogP contribution in [0.2, 0.25) is 0 Å². The van der Waals surface area contributed by atoms with Crippen LogP contribution in [0.3, 0.4) is 0 Å². The standard InChI is InChI=1S/C8H18N2/c1-4-8-6-10(3)7(2)5-9-8/h7-9H,4-6H2,1-3H3/t7-,8-/m0/s1. The Balaban J connectivity index is 2.33. The van der Waals surface area contributed by atoms with Crippen molar-refractivity contribution in [2.45, 2.75) is 32.4 Å². The van der Waals surface area contributed by atoms with Crippen molar-refractivity contribution in [1.29, 1.82) is 0 Å². The Labute approximate surface area is 63.6 Å². The Morgan fingerprint density at radius 3 is 2.80 bits per heavy atom. The van der Waals surface area contributed by atoms with Crippen LogP contribution in [0.1, 0.15) is 20.3 Å². The summed E-state index contributed by atoms with van der Waals surface area (Å²) in [5, 5.41) is 3.51. The highest BCUT2D eigenvalue weighted by atomic mass is 15.2. The number of nitrogens with one attached hydrogen (secondary N) is 1. The molecular formula is C8H18N2. The second-order valence-corrected chi connectivity index (χ2v) is 3.30. The molecule has 1 aliphatic rings. The first-order valence-corrected chi connectivity index (χ1v) is 4.17. The fourth-order valence-corrected chi connectivity index (χ4v) is 1.36. The molecule has 2 nitrogen and oxygen atoms in total. The molecule has 1 saturated heterocycles. The number of rotatable bonds is 1. The summed E-state index contributed by atoms with van der Waals surface area (Å²) < 4.78 is 0. The van der Waals surface area contributed by atoms with Crippen molar-refractivity contribution in [3.05, 3.63) is 0 Å². The molecule has 0 aromatic carbocycles. The summed E-state index contributed by atoms with van der Waals surface area (Å²) in [6.07, 6.45) is 1.25. The lowest BCUT2D eigenvalue weighted by atomic mass is 10.1. The zero-order chi connectivity index (χ0) is 7.56. The van der Waals surface area contributed by atoms with Gasteiger partial charge in [0, 0.05) is 25.2 Å². The molecule has 0 aliphatic carbocycles. The van der Waals surface area contributed by atoms with Gasteiger partial charge in [0.15, 0.2) is 0 Å². The van der Waals surface area contributed by atoms with Crippen molar-refractivity contribution < 1.29 is 0 Å². The normalized spacial score (nSPS) is 36.3. The van der Waals surface area contributed by atoms with Crippen LogP contribution >= 0.6 is 0 Å². The third kappa shape index (κ3) is 1.70. The predicted molar refractivity (Wildman–Crippen MR) is 44.2 cm³/mol. The highest BCUT2D eigenvalue weighted by molar-refractivity contribution is 4.80. The first kappa shape index (κ1) is 8.02. The van der Waals surface area contributed by atoms with E-state index < -0.39 is 0 Å². The van der Waals surface area contributed by atoms with Crippen LogP contribution in [0, 0.1) is 0 Å². The lowest BCUT2D eigenvalue weighted by Gasteiger charge is -2.35. The summed E-state index contributed by atoms with van der Waals surface area (Å²) in [6.45, 7) is 6.85. The molecule has 2 atom stereocenters. The summed E-state index contributed by atoms with van der Waals surface area (Å²) in [6, 6.07) is 1.43. The summed E-state index contributed by atoms with van der Waals surface area (Å²) in [5.74, 6) is 0. The molecule has 0 bridgehead atoms. The van der Waals surface area contributed by atoms with E-state index in [1.54, 1.807) is 0 Å². The number of hydrogen-bond donors (Lipinski definition) is 1. The maximum Gasteiger partial charge on any atom is 0.0193 e. The third-order valence-corrected chi connectivity index (χ3v) is 2.46. The Hall–Kier alpha value is -0.0800. The smallest absolute Gasteiger partial charge is 0.0193 e. The molecule has 1 aliphatic heterocycles. The molecule has 0 spiro atoms. The van der Waals surface area contributed by atoms with Gasteiger partial charge in [-0.15, -0.1) is 0 Å². The molecule has 60 valence electrons. The average Bonchev–Trinajstić information content (AvgIpc) is 1.95. The molecule has 0 radical (unpaired) electrons. The second-order valence-electron chi connectivity index (χ2n) is 3.30. The van der Waals surface area contributed by atoms with E-state index in [-0.39, 0.29) is 0 Å². The molecule has 0 aromatic rings. The quantitative estimate of drug-likeness (QED) is 0.579. The van der Waals surface area contributed by atoms with Gasteiger partial charge >= 0.3 is 0 Å². The summed E-state index contributed by atoms with van der Waals surface area (Å²) in [7, 11) is 2.20. The number of hydrogen-bond acceptors (Lipinski definition) is 2. The zero-order valence-corrected chi connectivity index (χ0v) is 7.22. The lowest BCUT2D eigenvalue weighted by molar-refractivity contribution is 0.173. The molecule has 1 N–H and O–H groups in total. The first-order valence-electron chi connectivity index (χ1n) is 4.17. The predicted octanol–water partition coefficient (Wildman–Crippen LogP) is 0.689. The van der Waals surface area contributed by atoms with E-state index in [0.29, 0.717) is 6.04 Å². The maximum absolute atomic E-state index is 3.51. The van der Waals surface area contributed by atoms with E-state index in [4.69, 9.17) is 0 Å². The third-order valence-electron chi connectivity index (χ3n) is 2.46. The van der Waals surface area contributed by atoms with Gasteiger partial charge in [0.2, 0.25) is 0 Å². The maximum atomic E-state index is 3.51. The fourth-order valence-electron chi connectivity index (χ4n) is 1.36. The molecule has 1 rings (SSSR count). The first-order chi connectivity index (χ1) is 4.74. The Morgan fingerprint density at radius 2 is 2.30 bits per heavy atom. The van der Waals surface area contributed by atoms with Crippen LogP contribution in [0.15, 0.2) is 0 Å². The van der Waals surface area contributed by atoms with Crippen molar-refractivity contribution in [3.8, 4) is 0 Å². The van der Waals surface area contributed by atoms with E-state index in [1.165, 1.54) is 13.0 Å². The van der Waals surface area contributed by atoms with Crippen LogP contribution in [0.4, 0.5) is 0 Å². The fraction of sp³-hybridized carbons (Fsp3) is 1.00. The van der Waals surface area contributed by atoms with Gasteiger partial charge in [-0.2, -0.15) is 0 Å². The van der Waals surface area contributed by atoms with Gasteiger partial charge in [-0.3, -0.25) is 0 Å². The Kier molecular flexibility index (Phi) is 2.69. The molecule has 10 heavy (non-hydrogen) atoms. The molecule has 1 heterocycles. The molecule has 0 amide bonds. The minimum Gasteiger partial charge on any atom is -0.311 e. The molecule has 0 saturated carbocycles. The van der Waals surface area contributed by atoms with E-state index in [1.807, 2.05) is 0 Å². The minimum atomic E-state index is 0.711. The number of likely N-dealkylation sites (N-methyl/N-ethyl adjacent to an activating group) is 1. The lowest BCUT2D eigenvalue weighted by Crippen LogP contribution is -2.53. The van der Waals surface area contributed by atoms with Gasteiger partial charge in [0.25, 0.3) is 0 Å². The van der Waals surface area contributed by atoms with E-state index in [2.05, 4.69) is 31.1 Å². The van der Waals surface area contributed by atoms with Crippen molar-refractivity contribution in [1.82, 2.24) is 10.2 Å². The van der Waals surface area contributed by atoms with Gasteiger partial charge in [0.1, 0.15) is 0 Å².